The summed E-state index contributed by atoms with van der Waals surface area (Å²) in [5.41, 5.74) is 2.22. The molecule has 1 N–H and O–H groups in total. The van der Waals surface area contributed by atoms with Gasteiger partial charge in [0.15, 0.2) is 0 Å². The van der Waals surface area contributed by atoms with Gasteiger partial charge in [-0.2, -0.15) is 0 Å². The zero-order chi connectivity index (χ0) is 15.0. The average Bonchev–Trinajstić information content (AvgIpc) is 2.45. The van der Waals surface area contributed by atoms with Crippen LogP contribution >= 0.6 is 15.9 Å². The number of hydrogen-bond donors (Lipinski definition) is 1. The van der Waals surface area contributed by atoms with Crippen LogP contribution in [0.4, 0.5) is 0 Å². The van der Waals surface area contributed by atoms with Crippen molar-refractivity contribution in [2.45, 2.75) is 19.4 Å². The van der Waals surface area contributed by atoms with Crippen LogP contribution in [0.2, 0.25) is 0 Å². The molecular formula is C19H17BrO. The van der Waals surface area contributed by atoms with E-state index in [4.69, 9.17) is 0 Å². The van der Waals surface area contributed by atoms with Crippen molar-refractivity contribution < 1.29 is 5.11 Å². The van der Waals surface area contributed by atoms with Gasteiger partial charge in [-0.25, -0.2) is 0 Å². The summed E-state index contributed by atoms with van der Waals surface area (Å²) in [4.78, 5) is 0. The summed E-state index contributed by atoms with van der Waals surface area (Å²) < 4.78 is 0.931. The molecule has 0 unspecified atom stereocenters. The second kappa shape index (κ2) is 5.28. The van der Waals surface area contributed by atoms with Gasteiger partial charge in [0.25, 0.3) is 0 Å². The first-order valence-corrected chi connectivity index (χ1v) is 7.77. The molecule has 0 aliphatic carbocycles. The van der Waals surface area contributed by atoms with Crippen LogP contribution in [0.25, 0.3) is 21.9 Å². The number of halogens is 1. The third-order valence-electron chi connectivity index (χ3n) is 3.71. The Morgan fingerprint density at radius 3 is 2.19 bits per heavy atom. The summed E-state index contributed by atoms with van der Waals surface area (Å²) in [6, 6.07) is 20.7. The first kappa shape index (κ1) is 14.3. The number of benzene rings is 3. The summed E-state index contributed by atoms with van der Waals surface area (Å²) in [7, 11) is 0. The van der Waals surface area contributed by atoms with E-state index < -0.39 is 5.60 Å². The van der Waals surface area contributed by atoms with Crippen LogP contribution < -0.4 is 0 Å². The molecule has 1 nitrogen and oxygen atoms in total. The monoisotopic (exact) mass is 340 g/mol. The molecule has 0 radical (unpaired) electrons. The standard InChI is InChI=1S/C19H17BrO/c1-19(2,21)18-16(11-6-12-17(18)20)15-10-5-8-13-7-3-4-9-14(13)15/h3-12,21H,1-2H3. The Balaban J connectivity index is 2.37. The van der Waals surface area contributed by atoms with Crippen molar-refractivity contribution in [1.82, 2.24) is 0 Å². The lowest BCUT2D eigenvalue weighted by molar-refractivity contribution is 0.0784. The largest absolute Gasteiger partial charge is 0.386 e. The summed E-state index contributed by atoms with van der Waals surface area (Å²) in [6.07, 6.45) is 0. The van der Waals surface area contributed by atoms with E-state index in [1.165, 1.54) is 10.8 Å². The highest BCUT2D eigenvalue weighted by molar-refractivity contribution is 9.10. The molecule has 3 rings (SSSR count). The molecule has 0 saturated carbocycles. The molecule has 2 heteroatoms. The molecule has 0 heterocycles. The molecule has 21 heavy (non-hydrogen) atoms. The first-order valence-electron chi connectivity index (χ1n) is 6.98. The van der Waals surface area contributed by atoms with E-state index in [9.17, 15) is 5.11 Å². The SMILES string of the molecule is CC(C)(O)c1c(Br)cccc1-c1cccc2ccccc12. The average molecular weight is 341 g/mol. The highest BCUT2D eigenvalue weighted by Crippen LogP contribution is 2.39. The molecule has 0 atom stereocenters. The Kier molecular flexibility index (Phi) is 3.60. The normalized spacial score (nSPS) is 11.8. The van der Waals surface area contributed by atoms with E-state index in [0.717, 1.165) is 21.2 Å². The van der Waals surface area contributed by atoms with E-state index in [1.54, 1.807) is 0 Å². The minimum absolute atomic E-state index is 0.910. The summed E-state index contributed by atoms with van der Waals surface area (Å²) in [5.74, 6) is 0. The molecule has 0 aliphatic heterocycles. The fourth-order valence-electron chi connectivity index (χ4n) is 2.83. The van der Waals surface area contributed by atoms with Gasteiger partial charge in [0.05, 0.1) is 5.60 Å². The van der Waals surface area contributed by atoms with Crippen LogP contribution in [0.3, 0.4) is 0 Å². The molecule has 0 bridgehead atoms. The molecule has 0 spiro atoms. The van der Waals surface area contributed by atoms with Crippen LogP contribution in [0.15, 0.2) is 65.1 Å². The maximum Gasteiger partial charge on any atom is 0.0857 e. The van der Waals surface area contributed by atoms with E-state index in [2.05, 4.69) is 52.3 Å². The molecule has 3 aromatic rings. The maximum absolute atomic E-state index is 10.6. The van der Waals surface area contributed by atoms with Gasteiger partial charge >= 0.3 is 0 Å². The van der Waals surface area contributed by atoms with Crippen molar-refractivity contribution in [3.8, 4) is 11.1 Å². The smallest absolute Gasteiger partial charge is 0.0857 e. The quantitative estimate of drug-likeness (QED) is 0.653. The highest BCUT2D eigenvalue weighted by Gasteiger charge is 2.24. The van der Waals surface area contributed by atoms with Crippen molar-refractivity contribution in [2.75, 3.05) is 0 Å². The van der Waals surface area contributed by atoms with Gasteiger partial charge in [0.1, 0.15) is 0 Å². The predicted octanol–water partition coefficient (Wildman–Crippen LogP) is 5.50. The van der Waals surface area contributed by atoms with Gasteiger partial charge in [-0.15, -0.1) is 0 Å². The lowest BCUT2D eigenvalue weighted by atomic mass is 9.87. The Labute approximate surface area is 133 Å². The number of aliphatic hydroxyl groups is 1. The Hall–Kier alpha value is -1.64. The topological polar surface area (TPSA) is 20.2 Å². The van der Waals surface area contributed by atoms with Crippen molar-refractivity contribution in [3.05, 3.63) is 70.7 Å². The summed E-state index contributed by atoms with van der Waals surface area (Å²) in [5, 5.41) is 13.0. The number of fused-ring (bicyclic) bond motifs is 1. The van der Waals surface area contributed by atoms with Crippen molar-refractivity contribution in [2.24, 2.45) is 0 Å². The number of hydrogen-bond acceptors (Lipinski definition) is 1. The van der Waals surface area contributed by atoms with E-state index in [1.807, 2.05) is 38.1 Å². The van der Waals surface area contributed by atoms with Crippen molar-refractivity contribution in [1.29, 1.82) is 0 Å². The van der Waals surface area contributed by atoms with Gasteiger partial charge in [-0.05, 0) is 41.8 Å². The van der Waals surface area contributed by atoms with Crippen molar-refractivity contribution >= 4 is 26.7 Å². The van der Waals surface area contributed by atoms with Crippen molar-refractivity contribution in [3.63, 3.8) is 0 Å². The van der Waals surface area contributed by atoms with Crippen LogP contribution in [0.5, 0.6) is 0 Å². The maximum atomic E-state index is 10.6. The third-order valence-corrected chi connectivity index (χ3v) is 4.37. The fourth-order valence-corrected chi connectivity index (χ4v) is 3.68. The van der Waals surface area contributed by atoms with Gasteiger partial charge in [0.2, 0.25) is 0 Å². The fraction of sp³-hybridized carbons (Fsp3) is 0.158. The highest BCUT2D eigenvalue weighted by atomic mass is 79.9. The van der Waals surface area contributed by atoms with E-state index in [-0.39, 0.29) is 0 Å². The Morgan fingerprint density at radius 1 is 0.810 bits per heavy atom. The van der Waals surface area contributed by atoms with E-state index >= 15 is 0 Å². The molecular weight excluding hydrogens is 324 g/mol. The summed E-state index contributed by atoms with van der Waals surface area (Å²) >= 11 is 3.58. The van der Waals surface area contributed by atoms with Gasteiger partial charge in [-0.3, -0.25) is 0 Å². The Morgan fingerprint density at radius 2 is 1.43 bits per heavy atom. The van der Waals surface area contributed by atoms with Crippen LogP contribution in [0, 0.1) is 0 Å². The third kappa shape index (κ3) is 2.61. The zero-order valence-corrected chi connectivity index (χ0v) is 13.7. The van der Waals surface area contributed by atoms with Crippen LogP contribution in [-0.2, 0) is 5.60 Å². The Bertz CT molecular complexity index is 795. The van der Waals surface area contributed by atoms with Crippen LogP contribution in [0.1, 0.15) is 19.4 Å². The molecule has 106 valence electrons. The predicted molar refractivity (Wildman–Crippen MR) is 92.3 cm³/mol. The second-order valence-corrected chi connectivity index (χ2v) is 6.60. The van der Waals surface area contributed by atoms with Gasteiger partial charge < -0.3 is 5.11 Å². The van der Waals surface area contributed by atoms with E-state index in [0.29, 0.717) is 0 Å². The summed E-state index contributed by atoms with van der Waals surface area (Å²) in [6.45, 7) is 3.64. The lowest BCUT2D eigenvalue weighted by Gasteiger charge is -2.24. The minimum Gasteiger partial charge on any atom is -0.386 e. The molecule has 0 amide bonds. The molecule has 3 aromatic carbocycles. The second-order valence-electron chi connectivity index (χ2n) is 5.75. The van der Waals surface area contributed by atoms with Crippen LogP contribution in [-0.4, -0.2) is 5.11 Å². The zero-order valence-electron chi connectivity index (χ0n) is 12.1. The molecule has 0 aliphatic rings. The van der Waals surface area contributed by atoms with Gasteiger partial charge in [0, 0.05) is 10.0 Å². The molecule has 0 aromatic heterocycles. The molecule has 0 saturated heterocycles. The minimum atomic E-state index is -0.910. The lowest BCUT2D eigenvalue weighted by Crippen LogP contribution is -2.17. The van der Waals surface area contributed by atoms with Gasteiger partial charge in [-0.1, -0.05) is 70.5 Å². The first-order chi connectivity index (χ1) is 9.98. The number of rotatable bonds is 2. The molecule has 0 fully saturated rings.